The third-order valence-electron chi connectivity index (χ3n) is 11.0. The first-order valence-electron chi connectivity index (χ1n) is 27.7. The maximum absolute atomic E-state index is 9.12. The highest BCUT2D eigenvalue weighted by Gasteiger charge is 2.22. The van der Waals surface area contributed by atoms with Crippen LogP contribution in [0.25, 0.3) is 83.4 Å². The molecule has 0 fully saturated rings. The topological polar surface area (TPSA) is 35.9 Å². The number of fused-ring (bicyclic) bond motifs is 4. The Hall–Kier alpha value is -8.02. The maximum Gasteiger partial charge on any atom is 0.269 e. The summed E-state index contributed by atoms with van der Waals surface area (Å²) in [7, 11) is 0. The van der Waals surface area contributed by atoms with E-state index in [1.807, 2.05) is 48.7 Å². The Labute approximate surface area is 388 Å². The molecule has 0 aliphatic rings. The fourth-order valence-electron chi connectivity index (χ4n) is 8.06. The van der Waals surface area contributed by atoms with Crippen molar-refractivity contribution in [2.75, 3.05) is 0 Å². The Bertz CT molecular complexity index is 4200. The lowest BCUT2D eigenvalue weighted by Gasteiger charge is -2.20. The van der Waals surface area contributed by atoms with Gasteiger partial charge in [0.2, 0.25) is 0 Å². The van der Waals surface area contributed by atoms with Gasteiger partial charge in [-0.05, 0) is 99.0 Å². The molecule has 0 aliphatic heterocycles. The van der Waals surface area contributed by atoms with Crippen LogP contribution in [0.5, 0.6) is 11.5 Å². The number of benzene rings is 8. The summed E-state index contributed by atoms with van der Waals surface area (Å²) < 4.78 is 143. The molecule has 0 spiro atoms. The van der Waals surface area contributed by atoms with Gasteiger partial charge in [0.05, 0.1) is 54.0 Å². The first-order valence-corrected chi connectivity index (χ1v) is 20.2. The summed E-state index contributed by atoms with van der Waals surface area (Å²) in [6, 6.07) is 25.7. The largest absolute Gasteiger partial charge is 0.458 e. The molecule has 302 valence electrons. The van der Waals surface area contributed by atoms with Crippen LogP contribution in [0.15, 0.2) is 212 Å². The zero-order valence-corrected chi connectivity index (χ0v) is 34.2. The van der Waals surface area contributed by atoms with Crippen molar-refractivity contribution in [1.29, 1.82) is 0 Å². The van der Waals surface area contributed by atoms with E-state index >= 15 is 0 Å². The number of hydrogen-bond donors (Lipinski definition) is 0. The van der Waals surface area contributed by atoms with Gasteiger partial charge in [-0.15, -0.1) is 0 Å². The monoisotopic (exact) mass is 827 g/mol. The summed E-state index contributed by atoms with van der Waals surface area (Å²) in [4.78, 5) is 4.82. The summed E-state index contributed by atoms with van der Waals surface area (Å²) in [5.41, 5.74) is 3.54. The van der Waals surface area contributed by atoms with Gasteiger partial charge in [-0.1, -0.05) is 166 Å². The highest BCUT2D eigenvalue weighted by molar-refractivity contribution is 6.09. The minimum Gasteiger partial charge on any atom is -0.458 e. The molecule has 0 radical (unpaired) electrons. The van der Waals surface area contributed by atoms with E-state index in [9.17, 15) is 0 Å². The molecule has 5 heteroatoms. The van der Waals surface area contributed by atoms with Crippen LogP contribution in [0.1, 0.15) is 46.9 Å². The van der Waals surface area contributed by atoms with E-state index in [0.29, 0.717) is 28.2 Å². The van der Waals surface area contributed by atoms with E-state index in [-0.39, 0.29) is 44.5 Å². The summed E-state index contributed by atoms with van der Waals surface area (Å²) in [5.74, 6) is 1.61. The third kappa shape index (κ3) is 6.94. The van der Waals surface area contributed by atoms with E-state index in [2.05, 4.69) is 43.8 Å². The summed E-state index contributed by atoms with van der Waals surface area (Å²) in [6.07, 6.45) is 5.19. The van der Waals surface area contributed by atoms with Crippen LogP contribution in [-0.4, -0.2) is 14.1 Å². The predicted octanol–water partition coefficient (Wildman–Crippen LogP) is 14.3. The molecule has 5 nitrogen and oxygen atoms in total. The van der Waals surface area contributed by atoms with Crippen LogP contribution in [-0.2, 0) is 5.41 Å². The predicted molar refractivity (Wildman–Crippen MR) is 257 cm³/mol. The van der Waals surface area contributed by atoms with Gasteiger partial charge in [-0.3, -0.25) is 13.7 Å². The van der Waals surface area contributed by atoms with Gasteiger partial charge in [0.15, 0.2) is 0 Å². The standard InChI is InChI=1S/C58H44N4O/c1-58(2,3)44-33-34-59-56(36-44)62-52-28-14-13-25-50(52)51-31-30-47(38-54(51)62)63-46-24-15-23-45(37-46)60-39-61(53-32-29-43(35-55(53)60)40-17-7-4-8-18-40)57-48(41-19-9-5-10-20-41)26-16-27-49(57)42-21-11-6-12-22-42/h4-38H,1-3H3/i4D,5D,6D,7D,8D,9D,10D,11D,12D,17D,18D,19D,20D,21D,22D. The second-order valence-corrected chi connectivity index (χ2v) is 16.0. The first-order chi connectivity index (χ1) is 37.1. The Morgan fingerprint density at radius 3 is 1.92 bits per heavy atom. The minimum absolute atomic E-state index is 0.0208. The molecule has 8 aromatic carbocycles. The number of pyridine rings is 1. The quantitative estimate of drug-likeness (QED) is 0.113. The van der Waals surface area contributed by atoms with Crippen LogP contribution in [0.4, 0.5) is 0 Å². The van der Waals surface area contributed by atoms with Crippen molar-refractivity contribution in [3.8, 4) is 62.1 Å². The molecule has 0 unspecified atom stereocenters. The number of ether oxygens (including phenoxy) is 1. The molecule has 63 heavy (non-hydrogen) atoms. The fourth-order valence-corrected chi connectivity index (χ4v) is 8.06. The van der Waals surface area contributed by atoms with Gasteiger partial charge in [0.1, 0.15) is 17.3 Å². The SMILES string of the molecule is [2H]c1c([2H])c([2H])c(-c2ccc3c(c2)n(-c2cccc(Oc4ccc5c6ccccc6n(-c6cc(C(C)(C)C)ccn6)c5c4)c2)[c-][n+]3-c2c(-c3c([2H])c([2H])c([2H])c([2H])c3[2H])cccc2-c2c([2H])c([2H])c([2H])c([2H])c2[2H])c([2H])c1[2H]. The molecular formula is C58H44N4O. The molecule has 0 saturated carbocycles. The lowest BCUT2D eigenvalue weighted by atomic mass is 9.88. The Morgan fingerprint density at radius 2 is 1.21 bits per heavy atom. The van der Waals surface area contributed by atoms with Crippen LogP contribution >= 0.6 is 0 Å². The second kappa shape index (κ2) is 15.5. The van der Waals surface area contributed by atoms with Crippen molar-refractivity contribution in [1.82, 2.24) is 14.1 Å². The molecule has 3 aromatic heterocycles. The van der Waals surface area contributed by atoms with Crippen LogP contribution < -0.4 is 9.30 Å². The average molecular weight is 828 g/mol. The minimum atomic E-state index is -0.639. The zero-order chi connectivity index (χ0) is 55.5. The van der Waals surface area contributed by atoms with Crippen LogP contribution in [0.2, 0.25) is 0 Å². The van der Waals surface area contributed by atoms with Crippen molar-refractivity contribution in [2.45, 2.75) is 26.2 Å². The van der Waals surface area contributed by atoms with Crippen LogP contribution in [0.3, 0.4) is 0 Å². The van der Waals surface area contributed by atoms with E-state index < -0.39 is 90.6 Å². The maximum atomic E-state index is 9.12. The molecule has 11 rings (SSSR count). The average Bonchev–Trinajstić information content (AvgIpc) is 4.19. The molecule has 0 saturated heterocycles. The highest BCUT2D eigenvalue weighted by Crippen LogP contribution is 2.38. The molecule has 0 bridgehead atoms. The van der Waals surface area contributed by atoms with Gasteiger partial charge in [0.25, 0.3) is 6.33 Å². The molecule has 0 atom stereocenters. The Kier molecular flexibility index (Phi) is 6.15. The molecular weight excluding hydrogens is 769 g/mol. The number of nitrogens with zero attached hydrogens (tertiary/aromatic N) is 4. The first kappa shape index (κ1) is 25.0. The van der Waals surface area contributed by atoms with Crippen molar-refractivity contribution in [3.05, 3.63) is 224 Å². The summed E-state index contributed by atoms with van der Waals surface area (Å²) in [6.45, 7) is 6.45. The van der Waals surface area contributed by atoms with Gasteiger partial charge in [-0.25, -0.2) is 4.98 Å². The summed E-state index contributed by atoms with van der Waals surface area (Å²) in [5, 5.41) is 2.01. The number of aromatic nitrogens is 4. The van der Waals surface area contributed by atoms with Crippen molar-refractivity contribution >= 4 is 32.8 Å². The Morgan fingerprint density at radius 1 is 0.556 bits per heavy atom. The smallest absolute Gasteiger partial charge is 0.269 e. The number of hydrogen-bond acceptors (Lipinski definition) is 2. The third-order valence-corrected chi connectivity index (χ3v) is 11.0. The van der Waals surface area contributed by atoms with Gasteiger partial charge < -0.3 is 4.74 Å². The van der Waals surface area contributed by atoms with Gasteiger partial charge in [-0.2, -0.15) is 0 Å². The van der Waals surface area contributed by atoms with E-state index in [0.717, 1.165) is 33.2 Å². The zero-order valence-electron chi connectivity index (χ0n) is 49.2. The fraction of sp³-hybridized carbons (Fsp3) is 0.0690. The number of rotatable bonds is 8. The second-order valence-electron chi connectivity index (χ2n) is 16.0. The molecule has 0 aliphatic carbocycles. The van der Waals surface area contributed by atoms with E-state index in [4.69, 9.17) is 30.3 Å². The van der Waals surface area contributed by atoms with Crippen LogP contribution in [0, 0.1) is 6.33 Å². The van der Waals surface area contributed by atoms with Crippen molar-refractivity contribution < 1.29 is 29.9 Å². The molecule has 0 amide bonds. The molecule has 11 aromatic rings. The lowest BCUT2D eigenvalue weighted by Crippen LogP contribution is -2.31. The van der Waals surface area contributed by atoms with Crippen molar-refractivity contribution in [3.63, 3.8) is 0 Å². The number of para-hydroxylation sites is 2. The van der Waals surface area contributed by atoms with Gasteiger partial charge in [0, 0.05) is 23.0 Å². The lowest BCUT2D eigenvalue weighted by molar-refractivity contribution is -0.571. The summed E-state index contributed by atoms with van der Waals surface area (Å²) >= 11 is 0. The van der Waals surface area contributed by atoms with Crippen molar-refractivity contribution in [2.24, 2.45) is 0 Å². The van der Waals surface area contributed by atoms with E-state index in [1.165, 1.54) is 22.8 Å². The highest BCUT2D eigenvalue weighted by atomic mass is 16.5. The normalized spacial score (nSPS) is 15.1. The number of imidazole rings is 1. The van der Waals surface area contributed by atoms with E-state index in [1.54, 1.807) is 47.0 Å². The van der Waals surface area contributed by atoms with Gasteiger partial charge >= 0.3 is 0 Å². The molecule has 0 N–H and O–H groups in total. The molecule has 3 heterocycles. The Balaban J connectivity index is 1.16.